The fraction of sp³-hybridized carbons (Fsp3) is 0.630. The molecule has 39 heavy (non-hydrogen) atoms. The van der Waals surface area contributed by atoms with E-state index in [1.165, 1.54) is 11.1 Å². The summed E-state index contributed by atoms with van der Waals surface area (Å²) in [5, 5.41) is 0. The molecule has 3 rings (SSSR count). The van der Waals surface area contributed by atoms with Crippen LogP contribution in [-0.2, 0) is 20.2 Å². The third-order valence-corrected chi connectivity index (χ3v) is 11.4. The zero-order valence-corrected chi connectivity index (χ0v) is 26.2. The highest BCUT2D eigenvalue weighted by atomic mass is 33.1. The van der Waals surface area contributed by atoms with Gasteiger partial charge in [0.1, 0.15) is 6.10 Å². The van der Waals surface area contributed by atoms with E-state index in [9.17, 15) is 9.59 Å². The smallest absolute Gasteiger partial charge is 0.330 e. The highest BCUT2D eigenvalue weighted by Gasteiger charge is 2.47. The van der Waals surface area contributed by atoms with Crippen molar-refractivity contribution in [2.24, 2.45) is 0 Å². The third kappa shape index (κ3) is 8.89. The van der Waals surface area contributed by atoms with E-state index in [0.29, 0.717) is 13.0 Å². The number of benzene rings is 1. The minimum atomic E-state index is -1.75. The lowest BCUT2D eigenvalue weighted by Gasteiger charge is -2.37. The van der Waals surface area contributed by atoms with Crippen LogP contribution >= 0.6 is 30.1 Å². The van der Waals surface area contributed by atoms with Crippen LogP contribution < -0.4 is 11.2 Å². The summed E-state index contributed by atoms with van der Waals surface area (Å²) < 4.78 is 45.5. The Bertz CT molecular complexity index is 1200. The molecule has 0 saturated carbocycles. The minimum absolute atomic E-state index is 0.0459. The van der Waals surface area contributed by atoms with Crippen LogP contribution in [0.3, 0.4) is 0 Å². The number of hydrogen-bond donors (Lipinski definition) is 1. The average Bonchev–Trinajstić information content (AvgIpc) is 3.17. The van der Waals surface area contributed by atoms with Crippen LogP contribution in [0.15, 0.2) is 51.0 Å². The van der Waals surface area contributed by atoms with Gasteiger partial charge in [-0.25, -0.2) is 13.9 Å². The molecular formula is C27H41FN3O5PS2. The first kappa shape index (κ1) is 30.8. The van der Waals surface area contributed by atoms with Crippen molar-refractivity contribution in [2.75, 3.05) is 6.61 Å². The Balaban J connectivity index is 1.79. The SMILES string of the molecule is [2H]CC1OC(n2ccc(=O)[nH]c2=O)C(F)C1OP(OCCc1ccccc1SSC(C)(C)C)N(C(C)C)C(C)C. The summed E-state index contributed by atoms with van der Waals surface area (Å²) in [6.45, 7) is 14.8. The van der Waals surface area contributed by atoms with E-state index in [1.807, 2.05) is 50.6 Å². The van der Waals surface area contributed by atoms with Crippen molar-refractivity contribution >= 4 is 30.1 Å². The normalized spacial score (nSPS) is 23.1. The molecule has 1 aliphatic heterocycles. The second-order valence-electron chi connectivity index (χ2n) is 10.9. The van der Waals surface area contributed by atoms with Crippen molar-refractivity contribution in [1.82, 2.24) is 14.2 Å². The molecule has 1 fully saturated rings. The molecule has 8 nitrogen and oxygen atoms in total. The Morgan fingerprint density at radius 2 is 1.90 bits per heavy atom. The lowest BCUT2D eigenvalue weighted by molar-refractivity contribution is -0.0180. The van der Waals surface area contributed by atoms with Crippen LogP contribution in [-0.4, -0.2) is 56.0 Å². The zero-order chi connectivity index (χ0) is 29.6. The lowest BCUT2D eigenvalue weighted by atomic mass is 10.2. The Labute approximate surface area is 241 Å². The van der Waals surface area contributed by atoms with E-state index in [4.69, 9.17) is 15.2 Å². The van der Waals surface area contributed by atoms with Gasteiger partial charge >= 0.3 is 5.69 Å². The first-order chi connectivity index (χ1) is 18.8. The number of H-pyrrole nitrogens is 1. The highest BCUT2D eigenvalue weighted by molar-refractivity contribution is 8.77. The van der Waals surface area contributed by atoms with E-state index < -0.39 is 44.4 Å². The maximum absolute atomic E-state index is 15.8. The number of aromatic amines is 1. The molecule has 0 bridgehead atoms. The van der Waals surface area contributed by atoms with Gasteiger partial charge in [0.2, 0.25) is 0 Å². The Kier molecular flexibility index (Phi) is 11.1. The van der Waals surface area contributed by atoms with Gasteiger partial charge in [-0.15, -0.1) is 0 Å². The second kappa shape index (κ2) is 14.1. The summed E-state index contributed by atoms with van der Waals surface area (Å²) in [6, 6.07) is 9.45. The standard InChI is InChI=1S/C27H41FN3O5PS2/c1-17(2)31(18(3)4)37(34-16-14-20-11-9-10-12-21(20)38-39-27(6,7)8)36-24-19(5)35-25(23(24)28)30-15-13-22(32)29-26(30)33/h9-13,15,17-19,23-25H,14,16H2,1-8H3,(H,29,32,33)/i5D. The van der Waals surface area contributed by atoms with Crippen molar-refractivity contribution in [3.8, 4) is 0 Å². The molecule has 12 heteroatoms. The van der Waals surface area contributed by atoms with E-state index >= 15 is 4.39 Å². The monoisotopic (exact) mass is 602 g/mol. The lowest BCUT2D eigenvalue weighted by Crippen LogP contribution is -2.38. The zero-order valence-electron chi connectivity index (χ0n) is 24.6. The van der Waals surface area contributed by atoms with Gasteiger partial charge in [-0.3, -0.25) is 14.3 Å². The molecular weight excluding hydrogens is 560 g/mol. The van der Waals surface area contributed by atoms with Crippen molar-refractivity contribution in [3.63, 3.8) is 0 Å². The maximum Gasteiger partial charge on any atom is 0.330 e. The maximum atomic E-state index is 15.8. The van der Waals surface area contributed by atoms with E-state index in [1.54, 1.807) is 10.8 Å². The summed E-state index contributed by atoms with van der Waals surface area (Å²) >= 11 is 0. The van der Waals surface area contributed by atoms with Crippen molar-refractivity contribution in [2.45, 2.75) is 108 Å². The summed E-state index contributed by atoms with van der Waals surface area (Å²) in [7, 11) is 1.82. The molecule has 0 radical (unpaired) electrons. The number of ether oxygens (including phenoxy) is 1. The van der Waals surface area contributed by atoms with E-state index in [2.05, 4.69) is 42.6 Å². The molecule has 5 atom stereocenters. The van der Waals surface area contributed by atoms with Crippen LogP contribution in [0.5, 0.6) is 0 Å². The fourth-order valence-corrected chi connectivity index (χ4v) is 8.12. The summed E-state index contributed by atoms with van der Waals surface area (Å²) in [5.74, 6) is 0. The van der Waals surface area contributed by atoms with Gasteiger partial charge < -0.3 is 13.8 Å². The molecule has 0 aliphatic carbocycles. The highest BCUT2D eigenvalue weighted by Crippen LogP contribution is 2.50. The number of nitrogens with one attached hydrogen (secondary N) is 1. The van der Waals surface area contributed by atoms with Gasteiger partial charge in [-0.05, 0) is 52.6 Å². The number of halogens is 1. The first-order valence-corrected chi connectivity index (χ1v) is 16.3. The number of alkyl halides is 1. The van der Waals surface area contributed by atoms with Gasteiger partial charge in [0.05, 0.1) is 12.7 Å². The molecule has 2 heterocycles. The molecule has 218 valence electrons. The van der Waals surface area contributed by atoms with Gasteiger partial charge in [-0.1, -0.05) is 60.6 Å². The van der Waals surface area contributed by atoms with Crippen LogP contribution in [0, 0.1) is 0 Å². The average molecular weight is 603 g/mol. The van der Waals surface area contributed by atoms with Crippen LogP contribution in [0.4, 0.5) is 4.39 Å². The van der Waals surface area contributed by atoms with Gasteiger partial charge in [0.25, 0.3) is 14.1 Å². The molecule has 0 amide bonds. The number of hydrogen-bond acceptors (Lipinski definition) is 8. The van der Waals surface area contributed by atoms with Crippen LogP contribution in [0.25, 0.3) is 0 Å². The summed E-state index contributed by atoms with van der Waals surface area (Å²) in [5.41, 5.74) is -0.206. The Hall–Kier alpha value is -1.20. The number of nitrogens with zero attached hydrogens (tertiary/aromatic N) is 2. The van der Waals surface area contributed by atoms with Gasteiger partial charge in [0, 0.05) is 35.4 Å². The minimum Gasteiger partial charge on any atom is -0.349 e. The van der Waals surface area contributed by atoms with Crippen molar-refractivity contribution in [3.05, 3.63) is 62.9 Å². The molecule has 0 spiro atoms. The first-order valence-electron chi connectivity index (χ1n) is 13.7. The summed E-state index contributed by atoms with van der Waals surface area (Å²) in [4.78, 5) is 27.1. The molecule has 1 aromatic carbocycles. The molecule has 1 aliphatic rings. The molecule has 5 unspecified atom stereocenters. The molecule has 1 saturated heterocycles. The summed E-state index contributed by atoms with van der Waals surface area (Å²) in [6.07, 6.45) is -3.27. The van der Waals surface area contributed by atoms with Gasteiger partial charge in [-0.2, -0.15) is 0 Å². The van der Waals surface area contributed by atoms with Gasteiger partial charge in [0.15, 0.2) is 12.4 Å². The van der Waals surface area contributed by atoms with E-state index in [0.717, 1.165) is 16.2 Å². The van der Waals surface area contributed by atoms with Crippen molar-refractivity contribution in [1.29, 1.82) is 0 Å². The predicted molar refractivity (Wildman–Crippen MR) is 159 cm³/mol. The fourth-order valence-electron chi connectivity index (χ4n) is 4.10. The quantitative estimate of drug-likeness (QED) is 0.223. The van der Waals surface area contributed by atoms with E-state index in [-0.39, 0.29) is 23.7 Å². The third-order valence-electron chi connectivity index (χ3n) is 5.78. The predicted octanol–water partition coefficient (Wildman–Crippen LogP) is 6.32. The number of rotatable bonds is 12. The molecule has 1 aromatic heterocycles. The second-order valence-corrected chi connectivity index (χ2v) is 15.3. The molecule has 1 N–H and O–H groups in total. The Morgan fingerprint density at radius 1 is 1.21 bits per heavy atom. The van der Waals surface area contributed by atoms with Crippen molar-refractivity contribution < 1.29 is 19.5 Å². The van der Waals surface area contributed by atoms with Crippen LogP contribution in [0.2, 0.25) is 0 Å². The van der Waals surface area contributed by atoms with Crippen LogP contribution in [0.1, 0.15) is 68.5 Å². The number of aromatic nitrogens is 2. The topological polar surface area (TPSA) is 85.8 Å². The molecule has 2 aromatic rings. The largest absolute Gasteiger partial charge is 0.349 e. The Morgan fingerprint density at radius 3 is 2.51 bits per heavy atom.